The molecule has 0 unspecified atom stereocenters. The Morgan fingerprint density at radius 2 is 1.95 bits per heavy atom. The molecule has 0 atom stereocenters. The van der Waals surface area contributed by atoms with Gasteiger partial charge in [-0.2, -0.15) is 0 Å². The number of nitrogen functional groups attached to an aromatic ring is 1. The molecular formula is C16H22N4O. The first-order chi connectivity index (χ1) is 9.79. The molecule has 0 radical (unpaired) electrons. The highest BCUT2D eigenvalue weighted by Gasteiger charge is 2.19. The minimum absolute atomic E-state index is 0.122. The predicted octanol–water partition coefficient (Wildman–Crippen LogP) is 2.57. The van der Waals surface area contributed by atoms with Crippen LogP contribution in [0.2, 0.25) is 0 Å². The lowest BCUT2D eigenvalue weighted by atomic mass is 9.96. The Bertz CT molecular complexity index is 698. The highest BCUT2D eigenvalue weighted by atomic mass is 16.1. The van der Waals surface area contributed by atoms with Crippen LogP contribution in [-0.2, 0) is 12.0 Å². The average molecular weight is 286 g/mol. The van der Waals surface area contributed by atoms with Gasteiger partial charge in [-0.25, -0.2) is 4.98 Å². The molecule has 1 aromatic carbocycles. The summed E-state index contributed by atoms with van der Waals surface area (Å²) in [6, 6.07) is 8.07. The fraction of sp³-hybridized carbons (Fsp3) is 0.375. The van der Waals surface area contributed by atoms with Crippen molar-refractivity contribution in [3.8, 4) is 0 Å². The van der Waals surface area contributed by atoms with Crippen LogP contribution >= 0.6 is 0 Å². The van der Waals surface area contributed by atoms with Gasteiger partial charge in [-0.05, 0) is 18.1 Å². The zero-order valence-corrected chi connectivity index (χ0v) is 12.9. The quantitative estimate of drug-likeness (QED) is 0.809. The molecule has 0 saturated heterocycles. The Morgan fingerprint density at radius 1 is 1.29 bits per heavy atom. The number of hydrogen-bond acceptors (Lipinski definition) is 4. The summed E-state index contributed by atoms with van der Waals surface area (Å²) in [4.78, 5) is 19.1. The maximum absolute atomic E-state index is 11.9. The van der Waals surface area contributed by atoms with Crippen molar-refractivity contribution >= 4 is 11.5 Å². The lowest BCUT2D eigenvalue weighted by molar-refractivity contribution is 0.544. The average Bonchev–Trinajstić information content (AvgIpc) is 2.40. The van der Waals surface area contributed by atoms with Gasteiger partial charge in [0.15, 0.2) is 5.82 Å². The fourth-order valence-electron chi connectivity index (χ4n) is 1.96. The number of aromatic amines is 1. The SMILES string of the molecule is Cc1ccccc1CNc1nc(C(C)(C)C)[nH]c(=O)c1N. The number of nitrogens with zero attached hydrogens (tertiary/aromatic N) is 1. The molecule has 4 N–H and O–H groups in total. The van der Waals surface area contributed by atoms with Crippen LogP contribution in [0.5, 0.6) is 0 Å². The summed E-state index contributed by atoms with van der Waals surface area (Å²) < 4.78 is 0. The van der Waals surface area contributed by atoms with Gasteiger partial charge in [-0.1, -0.05) is 45.0 Å². The molecule has 0 aliphatic carbocycles. The molecule has 0 spiro atoms. The van der Waals surface area contributed by atoms with Crippen LogP contribution in [0.4, 0.5) is 11.5 Å². The lowest BCUT2D eigenvalue weighted by Gasteiger charge is -2.19. The summed E-state index contributed by atoms with van der Waals surface area (Å²) in [6.07, 6.45) is 0. The third kappa shape index (κ3) is 3.42. The van der Waals surface area contributed by atoms with Crippen molar-refractivity contribution < 1.29 is 0 Å². The Balaban J connectivity index is 2.30. The van der Waals surface area contributed by atoms with Gasteiger partial charge in [0.2, 0.25) is 0 Å². The van der Waals surface area contributed by atoms with Gasteiger partial charge in [0.25, 0.3) is 5.56 Å². The highest BCUT2D eigenvalue weighted by molar-refractivity contribution is 5.60. The van der Waals surface area contributed by atoms with Crippen LogP contribution in [0.25, 0.3) is 0 Å². The molecule has 1 aromatic heterocycles. The van der Waals surface area contributed by atoms with E-state index < -0.39 is 0 Å². The van der Waals surface area contributed by atoms with Crippen LogP contribution in [0.15, 0.2) is 29.1 Å². The van der Waals surface area contributed by atoms with E-state index in [-0.39, 0.29) is 16.7 Å². The monoisotopic (exact) mass is 286 g/mol. The number of aromatic nitrogens is 2. The zero-order valence-electron chi connectivity index (χ0n) is 12.9. The Morgan fingerprint density at radius 3 is 2.57 bits per heavy atom. The summed E-state index contributed by atoms with van der Waals surface area (Å²) >= 11 is 0. The maximum Gasteiger partial charge on any atom is 0.276 e. The van der Waals surface area contributed by atoms with Gasteiger partial charge in [0, 0.05) is 12.0 Å². The molecule has 2 rings (SSSR count). The van der Waals surface area contributed by atoms with E-state index in [1.807, 2.05) is 52.0 Å². The maximum atomic E-state index is 11.9. The molecule has 0 amide bonds. The van der Waals surface area contributed by atoms with E-state index in [9.17, 15) is 4.79 Å². The van der Waals surface area contributed by atoms with Gasteiger partial charge >= 0.3 is 0 Å². The number of hydrogen-bond donors (Lipinski definition) is 3. The molecule has 21 heavy (non-hydrogen) atoms. The van der Waals surface area contributed by atoms with E-state index >= 15 is 0 Å². The van der Waals surface area contributed by atoms with E-state index in [2.05, 4.69) is 15.3 Å². The van der Waals surface area contributed by atoms with E-state index in [0.29, 0.717) is 18.2 Å². The molecule has 0 bridgehead atoms. The van der Waals surface area contributed by atoms with Crippen molar-refractivity contribution in [1.29, 1.82) is 0 Å². The first kappa shape index (κ1) is 15.1. The second kappa shape index (κ2) is 5.60. The van der Waals surface area contributed by atoms with Gasteiger partial charge in [-0.15, -0.1) is 0 Å². The topological polar surface area (TPSA) is 83.8 Å². The fourth-order valence-corrected chi connectivity index (χ4v) is 1.96. The third-order valence-electron chi connectivity index (χ3n) is 3.37. The summed E-state index contributed by atoms with van der Waals surface area (Å²) in [6.45, 7) is 8.61. The minimum atomic E-state index is -0.304. The first-order valence-corrected chi connectivity index (χ1v) is 6.97. The number of nitrogens with one attached hydrogen (secondary N) is 2. The number of H-pyrrole nitrogens is 1. The Labute approximate surface area is 124 Å². The molecule has 1 heterocycles. The number of rotatable bonds is 3. The zero-order chi connectivity index (χ0) is 15.6. The number of aryl methyl sites for hydroxylation is 1. The second-order valence-corrected chi connectivity index (χ2v) is 6.21. The van der Waals surface area contributed by atoms with Crippen LogP contribution in [0.3, 0.4) is 0 Å². The molecule has 2 aromatic rings. The minimum Gasteiger partial charge on any atom is -0.391 e. The van der Waals surface area contributed by atoms with Crippen molar-refractivity contribution in [2.75, 3.05) is 11.1 Å². The van der Waals surface area contributed by atoms with E-state index in [1.165, 1.54) is 5.56 Å². The molecule has 112 valence electrons. The van der Waals surface area contributed by atoms with Gasteiger partial charge in [-0.3, -0.25) is 4.79 Å². The van der Waals surface area contributed by atoms with Crippen molar-refractivity contribution in [2.45, 2.75) is 39.7 Å². The van der Waals surface area contributed by atoms with Gasteiger partial charge in [0.05, 0.1) is 0 Å². The van der Waals surface area contributed by atoms with Crippen LogP contribution in [0.1, 0.15) is 37.7 Å². The number of benzene rings is 1. The van der Waals surface area contributed by atoms with E-state index in [0.717, 1.165) is 5.56 Å². The van der Waals surface area contributed by atoms with Crippen molar-refractivity contribution in [3.63, 3.8) is 0 Å². The van der Waals surface area contributed by atoms with Crippen molar-refractivity contribution in [1.82, 2.24) is 9.97 Å². The smallest absolute Gasteiger partial charge is 0.276 e. The Kier molecular flexibility index (Phi) is 4.02. The van der Waals surface area contributed by atoms with Crippen molar-refractivity contribution in [2.24, 2.45) is 0 Å². The molecule has 5 nitrogen and oxygen atoms in total. The Hall–Kier alpha value is -2.30. The molecular weight excluding hydrogens is 264 g/mol. The summed E-state index contributed by atoms with van der Waals surface area (Å²) in [5.74, 6) is 1.06. The molecule has 5 heteroatoms. The number of anilines is 2. The summed E-state index contributed by atoms with van der Waals surface area (Å²) in [7, 11) is 0. The van der Waals surface area contributed by atoms with E-state index in [4.69, 9.17) is 5.73 Å². The molecule has 0 aliphatic rings. The van der Waals surface area contributed by atoms with Crippen LogP contribution in [-0.4, -0.2) is 9.97 Å². The van der Waals surface area contributed by atoms with Crippen LogP contribution in [0, 0.1) is 6.92 Å². The molecule has 0 aliphatic heterocycles. The van der Waals surface area contributed by atoms with Gasteiger partial charge < -0.3 is 16.0 Å². The normalized spacial score (nSPS) is 11.4. The summed E-state index contributed by atoms with van der Waals surface area (Å²) in [5, 5.41) is 3.17. The standard InChI is InChI=1S/C16H22N4O/c1-10-7-5-6-8-11(10)9-18-13-12(17)14(21)20-15(19-13)16(2,3)4/h5-8H,9,17H2,1-4H3,(H2,18,19,20,21). The predicted molar refractivity (Wildman–Crippen MR) is 86.5 cm³/mol. The third-order valence-corrected chi connectivity index (χ3v) is 3.37. The van der Waals surface area contributed by atoms with E-state index in [1.54, 1.807) is 0 Å². The number of nitrogens with two attached hydrogens (primary N) is 1. The second-order valence-electron chi connectivity index (χ2n) is 6.21. The largest absolute Gasteiger partial charge is 0.391 e. The molecule has 0 fully saturated rings. The van der Waals surface area contributed by atoms with Crippen molar-refractivity contribution in [3.05, 3.63) is 51.6 Å². The highest BCUT2D eigenvalue weighted by Crippen LogP contribution is 2.21. The summed E-state index contributed by atoms with van der Waals surface area (Å²) in [5.41, 5.74) is 7.74. The first-order valence-electron chi connectivity index (χ1n) is 6.97. The van der Waals surface area contributed by atoms with Crippen LogP contribution < -0.4 is 16.6 Å². The van der Waals surface area contributed by atoms with Gasteiger partial charge in [0.1, 0.15) is 11.5 Å². The lowest BCUT2D eigenvalue weighted by Crippen LogP contribution is -2.25. The molecule has 0 saturated carbocycles.